The van der Waals surface area contributed by atoms with Gasteiger partial charge in [-0.1, -0.05) is 26.0 Å². The second-order valence-corrected chi connectivity index (χ2v) is 7.80. The monoisotopic (exact) mass is 368 g/mol. The second kappa shape index (κ2) is 7.79. The molecular weight excluding hydrogens is 347 g/mol. The summed E-state index contributed by atoms with van der Waals surface area (Å²) >= 11 is 1.49. The Morgan fingerprint density at radius 3 is 2.38 bits per heavy atom. The molecule has 134 valence electrons. The number of hydrogen-bond donors (Lipinski definition) is 1. The molecule has 2 aromatic carbocycles. The zero-order chi connectivity index (χ0) is 18.7. The zero-order valence-electron chi connectivity index (χ0n) is 15.0. The topological polar surface area (TPSA) is 42.0 Å². The molecule has 0 aliphatic carbocycles. The van der Waals surface area contributed by atoms with Gasteiger partial charge in [-0.15, -0.1) is 11.3 Å². The molecule has 0 aliphatic heterocycles. The maximum absolute atomic E-state index is 13.2. The summed E-state index contributed by atoms with van der Waals surface area (Å²) in [7, 11) is 0. The van der Waals surface area contributed by atoms with Crippen LogP contribution in [-0.2, 0) is 11.2 Å². The first-order chi connectivity index (χ1) is 12.4. The Kier molecular flexibility index (Phi) is 5.47. The van der Waals surface area contributed by atoms with Crippen LogP contribution >= 0.6 is 11.3 Å². The van der Waals surface area contributed by atoms with Crippen molar-refractivity contribution < 1.29 is 9.18 Å². The minimum atomic E-state index is -0.287. The van der Waals surface area contributed by atoms with Gasteiger partial charge >= 0.3 is 0 Å². The lowest BCUT2D eigenvalue weighted by molar-refractivity contribution is -0.115. The van der Waals surface area contributed by atoms with Crippen LogP contribution in [0.4, 0.5) is 10.1 Å². The molecule has 1 heterocycles. The molecule has 0 fully saturated rings. The van der Waals surface area contributed by atoms with Crippen molar-refractivity contribution in [3.8, 4) is 11.3 Å². The lowest BCUT2D eigenvalue weighted by atomic mass is 10.0. The summed E-state index contributed by atoms with van der Waals surface area (Å²) in [5.41, 5.74) is 3.58. The van der Waals surface area contributed by atoms with Gasteiger partial charge in [0.25, 0.3) is 0 Å². The molecule has 26 heavy (non-hydrogen) atoms. The Balaban J connectivity index is 1.74. The lowest BCUT2D eigenvalue weighted by Crippen LogP contribution is -2.14. The number of anilines is 1. The Bertz CT molecular complexity index is 899. The number of amides is 1. The van der Waals surface area contributed by atoms with Crippen LogP contribution in [0.5, 0.6) is 0 Å². The van der Waals surface area contributed by atoms with E-state index < -0.39 is 0 Å². The van der Waals surface area contributed by atoms with Crippen molar-refractivity contribution in [1.29, 1.82) is 0 Å². The number of nitrogens with one attached hydrogen (secondary N) is 1. The third kappa shape index (κ3) is 4.35. The second-order valence-electron chi connectivity index (χ2n) is 6.51. The van der Waals surface area contributed by atoms with Gasteiger partial charge in [0.1, 0.15) is 5.82 Å². The lowest BCUT2D eigenvalue weighted by Gasteiger charge is -2.08. The standard InChI is InChI=1S/C21H21FN2OS/c1-13(2)15-6-10-18(11-7-15)24-20(25)12-19-21(23-14(3)26-19)16-4-8-17(22)9-5-16/h4-11,13H,12H2,1-3H3,(H,24,25). The molecule has 0 aliphatic rings. The number of rotatable bonds is 5. The van der Waals surface area contributed by atoms with E-state index in [2.05, 4.69) is 24.1 Å². The van der Waals surface area contributed by atoms with Crippen LogP contribution in [0, 0.1) is 12.7 Å². The Hall–Kier alpha value is -2.53. The van der Waals surface area contributed by atoms with Crippen LogP contribution in [0.1, 0.15) is 35.2 Å². The van der Waals surface area contributed by atoms with Crippen molar-refractivity contribution in [3.63, 3.8) is 0 Å². The molecule has 1 amide bonds. The van der Waals surface area contributed by atoms with Crippen molar-refractivity contribution in [2.24, 2.45) is 0 Å². The number of carbonyl (C=O) groups is 1. The predicted molar refractivity (Wildman–Crippen MR) is 105 cm³/mol. The van der Waals surface area contributed by atoms with Gasteiger partial charge in [-0.2, -0.15) is 0 Å². The van der Waals surface area contributed by atoms with Crippen LogP contribution in [0.25, 0.3) is 11.3 Å². The van der Waals surface area contributed by atoms with E-state index in [9.17, 15) is 9.18 Å². The highest BCUT2D eigenvalue weighted by Crippen LogP contribution is 2.29. The molecule has 3 nitrogen and oxygen atoms in total. The van der Waals surface area contributed by atoms with Gasteiger partial charge in [-0.25, -0.2) is 9.37 Å². The van der Waals surface area contributed by atoms with Gasteiger partial charge in [0.2, 0.25) is 5.91 Å². The highest BCUT2D eigenvalue weighted by atomic mass is 32.1. The molecule has 3 aromatic rings. The Morgan fingerprint density at radius 2 is 1.77 bits per heavy atom. The van der Waals surface area contributed by atoms with Crippen LogP contribution in [0.15, 0.2) is 48.5 Å². The van der Waals surface area contributed by atoms with E-state index in [1.54, 1.807) is 12.1 Å². The number of halogens is 1. The SMILES string of the molecule is Cc1nc(-c2ccc(F)cc2)c(CC(=O)Nc2ccc(C(C)C)cc2)s1. The summed E-state index contributed by atoms with van der Waals surface area (Å²) in [5, 5.41) is 3.82. The van der Waals surface area contributed by atoms with Gasteiger partial charge < -0.3 is 5.32 Å². The molecule has 1 N–H and O–H groups in total. The highest BCUT2D eigenvalue weighted by Gasteiger charge is 2.15. The largest absolute Gasteiger partial charge is 0.326 e. The Labute approximate surface area is 156 Å². The molecule has 0 atom stereocenters. The number of nitrogens with zero attached hydrogens (tertiary/aromatic N) is 1. The molecule has 0 saturated heterocycles. The summed E-state index contributed by atoms with van der Waals surface area (Å²) < 4.78 is 13.2. The molecule has 1 aromatic heterocycles. The van der Waals surface area contributed by atoms with Gasteiger partial charge in [-0.05, 0) is 54.8 Å². The summed E-state index contributed by atoms with van der Waals surface area (Å²) in [5.74, 6) is 0.0809. The number of carbonyl (C=O) groups excluding carboxylic acids is 1. The number of aryl methyl sites for hydroxylation is 1. The fraction of sp³-hybridized carbons (Fsp3) is 0.238. The molecule has 0 saturated carbocycles. The van der Waals surface area contributed by atoms with Crippen LogP contribution in [0.2, 0.25) is 0 Å². The third-order valence-corrected chi connectivity index (χ3v) is 5.07. The van der Waals surface area contributed by atoms with Gasteiger partial charge in [-0.3, -0.25) is 4.79 Å². The van der Waals surface area contributed by atoms with Gasteiger partial charge in [0.05, 0.1) is 17.1 Å². The average molecular weight is 368 g/mol. The maximum Gasteiger partial charge on any atom is 0.229 e. The average Bonchev–Trinajstić information content (AvgIpc) is 2.96. The molecule has 0 radical (unpaired) electrons. The Morgan fingerprint density at radius 1 is 1.12 bits per heavy atom. The van der Waals surface area contributed by atoms with Crippen molar-refractivity contribution in [2.75, 3.05) is 5.32 Å². The van der Waals surface area contributed by atoms with E-state index >= 15 is 0 Å². The van der Waals surface area contributed by atoms with Crippen molar-refractivity contribution >= 4 is 22.9 Å². The summed E-state index contributed by atoms with van der Waals surface area (Å²) in [4.78, 5) is 17.9. The minimum Gasteiger partial charge on any atom is -0.326 e. The van der Waals surface area contributed by atoms with Crippen LogP contribution < -0.4 is 5.32 Å². The first kappa shape index (κ1) is 18.3. The van der Waals surface area contributed by atoms with E-state index in [4.69, 9.17) is 0 Å². The van der Waals surface area contributed by atoms with Crippen molar-refractivity contribution in [1.82, 2.24) is 4.98 Å². The quantitative estimate of drug-likeness (QED) is 0.640. The summed E-state index contributed by atoms with van der Waals surface area (Å²) in [6.45, 7) is 6.18. The number of thiazole rings is 1. The fourth-order valence-corrected chi connectivity index (χ4v) is 3.68. The fourth-order valence-electron chi connectivity index (χ4n) is 2.72. The van der Waals surface area contributed by atoms with E-state index in [0.29, 0.717) is 5.92 Å². The van der Waals surface area contributed by atoms with Crippen molar-refractivity contribution in [2.45, 2.75) is 33.1 Å². The molecule has 5 heteroatoms. The van der Waals surface area contributed by atoms with Crippen LogP contribution in [0.3, 0.4) is 0 Å². The number of hydrogen-bond acceptors (Lipinski definition) is 3. The predicted octanol–water partition coefficient (Wildman–Crippen LogP) is 5.56. The first-order valence-electron chi connectivity index (χ1n) is 8.54. The maximum atomic E-state index is 13.2. The highest BCUT2D eigenvalue weighted by molar-refractivity contribution is 7.12. The van der Waals surface area contributed by atoms with Crippen molar-refractivity contribution in [3.05, 3.63) is 69.8 Å². The van der Waals surface area contributed by atoms with Crippen LogP contribution in [-0.4, -0.2) is 10.9 Å². The normalized spacial score (nSPS) is 11.0. The molecular formula is C21H21FN2OS. The van der Waals surface area contributed by atoms with E-state index in [1.807, 2.05) is 31.2 Å². The van der Waals surface area contributed by atoms with Gasteiger partial charge in [0, 0.05) is 16.1 Å². The number of benzene rings is 2. The molecule has 0 unspecified atom stereocenters. The van der Waals surface area contributed by atoms with Gasteiger partial charge in [0.15, 0.2) is 0 Å². The van der Waals surface area contributed by atoms with E-state index in [-0.39, 0.29) is 18.1 Å². The molecule has 0 bridgehead atoms. The molecule has 0 spiro atoms. The first-order valence-corrected chi connectivity index (χ1v) is 9.36. The minimum absolute atomic E-state index is 0.0886. The smallest absolute Gasteiger partial charge is 0.229 e. The molecule has 3 rings (SSSR count). The number of aromatic nitrogens is 1. The van der Waals surface area contributed by atoms with E-state index in [0.717, 1.165) is 26.8 Å². The summed E-state index contributed by atoms with van der Waals surface area (Å²) in [6, 6.07) is 14.1. The van der Waals surface area contributed by atoms with E-state index in [1.165, 1.54) is 29.0 Å². The third-order valence-electron chi connectivity index (χ3n) is 4.10. The summed E-state index contributed by atoms with van der Waals surface area (Å²) in [6.07, 6.45) is 0.240. The zero-order valence-corrected chi connectivity index (χ0v) is 15.9.